The van der Waals surface area contributed by atoms with Gasteiger partial charge >= 0.3 is 12.1 Å². The Kier molecular flexibility index (Phi) is 9.11. The molecule has 196 valence electrons. The first kappa shape index (κ1) is 27.2. The molecule has 0 aromatic heterocycles. The zero-order valence-corrected chi connectivity index (χ0v) is 20.8. The summed E-state index contributed by atoms with van der Waals surface area (Å²) >= 11 is 0. The predicted octanol–water partition coefficient (Wildman–Crippen LogP) is 2.76. The lowest BCUT2D eigenvalue weighted by molar-refractivity contribution is -0.160. The lowest BCUT2D eigenvalue weighted by Gasteiger charge is -2.36. The lowest BCUT2D eigenvalue weighted by atomic mass is 10.2. The summed E-state index contributed by atoms with van der Waals surface area (Å²) < 4.78 is 25.2. The SMILES string of the molecule is CC(C)(C)OC(=O)N1CCN(c2ccc(NCC(O)C(O)C(=O)OCc3ccccc3)cc2F)CC1. The van der Waals surface area contributed by atoms with Gasteiger partial charge in [-0.05, 0) is 44.5 Å². The molecule has 1 heterocycles. The van der Waals surface area contributed by atoms with Crippen LogP contribution in [0.25, 0.3) is 0 Å². The summed E-state index contributed by atoms with van der Waals surface area (Å²) in [5.74, 6) is -1.41. The van der Waals surface area contributed by atoms with Crippen molar-refractivity contribution in [1.29, 1.82) is 0 Å². The number of nitrogens with one attached hydrogen (secondary N) is 1. The third-order valence-corrected chi connectivity index (χ3v) is 5.56. The largest absolute Gasteiger partial charge is 0.459 e. The van der Waals surface area contributed by atoms with Crippen molar-refractivity contribution < 1.29 is 33.7 Å². The Morgan fingerprint density at radius 1 is 1.06 bits per heavy atom. The van der Waals surface area contributed by atoms with Crippen LogP contribution in [0.15, 0.2) is 48.5 Å². The molecular weight excluding hydrogens is 469 g/mol. The molecule has 1 saturated heterocycles. The van der Waals surface area contributed by atoms with E-state index in [0.717, 1.165) is 5.56 Å². The molecule has 2 aromatic carbocycles. The predicted molar refractivity (Wildman–Crippen MR) is 133 cm³/mol. The average molecular weight is 504 g/mol. The summed E-state index contributed by atoms with van der Waals surface area (Å²) in [6.45, 7) is 6.97. The third kappa shape index (κ3) is 7.82. The maximum absolute atomic E-state index is 14.8. The van der Waals surface area contributed by atoms with Gasteiger partial charge in [0.2, 0.25) is 0 Å². The Balaban J connectivity index is 1.46. The quantitative estimate of drug-likeness (QED) is 0.472. The molecule has 0 spiro atoms. The van der Waals surface area contributed by atoms with Gasteiger partial charge in [-0.15, -0.1) is 0 Å². The third-order valence-electron chi connectivity index (χ3n) is 5.56. The highest BCUT2D eigenvalue weighted by Gasteiger charge is 2.28. The van der Waals surface area contributed by atoms with Crippen LogP contribution < -0.4 is 10.2 Å². The van der Waals surface area contributed by atoms with Gasteiger partial charge in [0.15, 0.2) is 6.10 Å². The summed E-state index contributed by atoms with van der Waals surface area (Å²) in [7, 11) is 0. The molecule has 0 radical (unpaired) electrons. The van der Waals surface area contributed by atoms with Crippen LogP contribution in [0.5, 0.6) is 0 Å². The second-order valence-electron chi connectivity index (χ2n) is 9.61. The number of hydrogen-bond donors (Lipinski definition) is 3. The summed E-state index contributed by atoms with van der Waals surface area (Å²) in [6.07, 6.45) is -3.57. The van der Waals surface area contributed by atoms with Gasteiger partial charge in [0.25, 0.3) is 0 Å². The number of nitrogens with zero attached hydrogens (tertiary/aromatic N) is 2. The molecule has 1 fully saturated rings. The number of aliphatic hydroxyl groups excluding tert-OH is 2. The summed E-state index contributed by atoms with van der Waals surface area (Å²) in [4.78, 5) is 27.7. The number of hydrogen-bond acceptors (Lipinski definition) is 8. The zero-order valence-electron chi connectivity index (χ0n) is 20.8. The van der Waals surface area contributed by atoms with E-state index in [4.69, 9.17) is 9.47 Å². The number of aliphatic hydroxyl groups is 2. The molecule has 0 saturated carbocycles. The number of anilines is 2. The van der Waals surface area contributed by atoms with E-state index in [0.29, 0.717) is 37.6 Å². The molecule has 0 bridgehead atoms. The van der Waals surface area contributed by atoms with Crippen LogP contribution in [0.1, 0.15) is 26.3 Å². The highest BCUT2D eigenvalue weighted by atomic mass is 19.1. The number of carbonyl (C=O) groups is 2. The fraction of sp³-hybridized carbons (Fsp3) is 0.462. The number of piperazine rings is 1. The van der Waals surface area contributed by atoms with Crippen LogP contribution in [0, 0.1) is 5.82 Å². The summed E-state index contributed by atoms with van der Waals surface area (Å²) in [5, 5.41) is 23.0. The van der Waals surface area contributed by atoms with E-state index in [1.54, 1.807) is 41.3 Å². The van der Waals surface area contributed by atoms with Gasteiger partial charge in [0.1, 0.15) is 24.1 Å². The number of rotatable bonds is 8. The first-order chi connectivity index (χ1) is 17.0. The molecule has 1 aliphatic rings. The minimum atomic E-state index is -1.74. The van der Waals surface area contributed by atoms with Gasteiger partial charge in [-0.25, -0.2) is 14.0 Å². The lowest BCUT2D eigenvalue weighted by Crippen LogP contribution is -2.50. The monoisotopic (exact) mass is 503 g/mol. The Hall–Kier alpha value is -3.37. The average Bonchev–Trinajstić information content (AvgIpc) is 2.85. The van der Waals surface area contributed by atoms with Crippen molar-refractivity contribution >= 4 is 23.4 Å². The van der Waals surface area contributed by atoms with Gasteiger partial charge in [0.05, 0.1) is 5.69 Å². The van der Waals surface area contributed by atoms with Crippen LogP contribution in [-0.2, 0) is 20.9 Å². The van der Waals surface area contributed by atoms with Crippen molar-refractivity contribution in [3.63, 3.8) is 0 Å². The molecule has 1 amide bonds. The number of benzene rings is 2. The molecule has 2 atom stereocenters. The van der Waals surface area contributed by atoms with Gasteiger partial charge in [-0.3, -0.25) is 0 Å². The highest BCUT2D eigenvalue weighted by Crippen LogP contribution is 2.24. The number of esters is 1. The Labute approximate surface area is 210 Å². The molecule has 10 heteroatoms. The Bertz CT molecular complexity index is 1020. The van der Waals surface area contributed by atoms with Crippen molar-refractivity contribution in [2.45, 2.75) is 45.2 Å². The summed E-state index contributed by atoms with van der Waals surface area (Å²) in [5.41, 5.74) is 0.962. The molecule has 3 N–H and O–H groups in total. The minimum absolute atomic E-state index is 0.0183. The first-order valence-electron chi connectivity index (χ1n) is 11.9. The van der Waals surface area contributed by atoms with Crippen LogP contribution in [0.2, 0.25) is 0 Å². The van der Waals surface area contributed by atoms with Gasteiger partial charge in [-0.1, -0.05) is 30.3 Å². The molecular formula is C26H34FN3O6. The molecule has 2 aromatic rings. The molecule has 0 aliphatic carbocycles. The van der Waals surface area contributed by atoms with E-state index in [1.807, 2.05) is 31.7 Å². The highest BCUT2D eigenvalue weighted by molar-refractivity contribution is 5.75. The Morgan fingerprint density at radius 3 is 2.33 bits per heavy atom. The van der Waals surface area contributed by atoms with Crippen molar-refractivity contribution in [1.82, 2.24) is 4.90 Å². The second kappa shape index (κ2) is 12.0. The molecule has 2 unspecified atom stereocenters. The summed E-state index contributed by atoms with van der Waals surface area (Å²) in [6, 6.07) is 13.5. The van der Waals surface area contributed by atoms with Crippen molar-refractivity contribution in [2.24, 2.45) is 0 Å². The van der Waals surface area contributed by atoms with Gasteiger partial charge in [-0.2, -0.15) is 0 Å². The number of ether oxygens (including phenoxy) is 2. The number of carbonyl (C=O) groups excluding carboxylic acids is 2. The minimum Gasteiger partial charge on any atom is -0.459 e. The van der Waals surface area contributed by atoms with E-state index >= 15 is 0 Å². The van der Waals surface area contributed by atoms with E-state index in [9.17, 15) is 24.2 Å². The van der Waals surface area contributed by atoms with E-state index in [1.165, 1.54) is 6.07 Å². The van der Waals surface area contributed by atoms with E-state index < -0.39 is 29.6 Å². The zero-order chi connectivity index (χ0) is 26.3. The fourth-order valence-corrected chi connectivity index (χ4v) is 3.63. The Morgan fingerprint density at radius 2 is 1.72 bits per heavy atom. The first-order valence-corrected chi connectivity index (χ1v) is 11.9. The van der Waals surface area contributed by atoms with E-state index in [-0.39, 0.29) is 19.2 Å². The number of halogens is 1. The normalized spacial score (nSPS) is 15.7. The van der Waals surface area contributed by atoms with E-state index in [2.05, 4.69) is 5.32 Å². The molecule has 9 nitrogen and oxygen atoms in total. The standard InChI is InChI=1S/C26H34FN3O6/c1-26(2,3)36-25(34)30-13-11-29(12-14-30)21-10-9-19(15-20(21)27)28-16-22(31)23(32)24(33)35-17-18-7-5-4-6-8-18/h4-10,15,22-23,28,31-32H,11-14,16-17H2,1-3H3. The van der Waals surface area contributed by atoms with Gasteiger partial charge in [0, 0.05) is 38.4 Å². The van der Waals surface area contributed by atoms with Crippen LogP contribution >= 0.6 is 0 Å². The van der Waals surface area contributed by atoms with Crippen molar-refractivity contribution in [3.8, 4) is 0 Å². The topological polar surface area (TPSA) is 112 Å². The molecule has 1 aliphatic heterocycles. The van der Waals surface area contributed by atoms with Crippen LogP contribution in [0.4, 0.5) is 20.6 Å². The second-order valence-corrected chi connectivity index (χ2v) is 9.61. The van der Waals surface area contributed by atoms with Crippen LogP contribution in [-0.4, -0.2) is 77.7 Å². The fourth-order valence-electron chi connectivity index (χ4n) is 3.63. The van der Waals surface area contributed by atoms with Crippen LogP contribution in [0.3, 0.4) is 0 Å². The molecule has 3 rings (SSSR count). The van der Waals surface area contributed by atoms with Crippen molar-refractivity contribution in [3.05, 3.63) is 59.9 Å². The number of amides is 1. The molecule has 36 heavy (non-hydrogen) atoms. The van der Waals surface area contributed by atoms with Gasteiger partial charge < -0.3 is 34.8 Å². The smallest absolute Gasteiger partial charge is 0.410 e. The van der Waals surface area contributed by atoms with Crippen molar-refractivity contribution in [2.75, 3.05) is 42.9 Å². The maximum Gasteiger partial charge on any atom is 0.410 e. The maximum atomic E-state index is 14.8.